The summed E-state index contributed by atoms with van der Waals surface area (Å²) in [6.45, 7) is 4.02. The molecule has 6 nitrogen and oxygen atoms in total. The fourth-order valence-electron chi connectivity index (χ4n) is 4.14. The molecule has 0 N–H and O–H groups in total. The normalized spacial score (nSPS) is 11.8. The molecule has 0 bridgehead atoms. The summed E-state index contributed by atoms with van der Waals surface area (Å²) in [6, 6.07) is 24.1. The third-order valence-corrected chi connectivity index (χ3v) is 10.0. The van der Waals surface area contributed by atoms with Gasteiger partial charge in [0.15, 0.2) is 0 Å². The highest BCUT2D eigenvalue weighted by atomic mass is 32.2. The number of methoxy groups -OCH3 is 1. The van der Waals surface area contributed by atoms with E-state index in [1.807, 2.05) is 6.92 Å². The molecule has 4 aromatic carbocycles. The van der Waals surface area contributed by atoms with Crippen molar-refractivity contribution in [2.45, 2.75) is 59.1 Å². The highest BCUT2D eigenvalue weighted by molar-refractivity contribution is 7.91. The lowest BCUT2D eigenvalue weighted by atomic mass is 10.1. The molecule has 39 heavy (non-hydrogen) atoms. The second-order valence-corrected chi connectivity index (χ2v) is 13.2. The lowest BCUT2D eigenvalue weighted by Gasteiger charge is -2.14. The summed E-state index contributed by atoms with van der Waals surface area (Å²) in [4.78, 5) is 0.768. The van der Waals surface area contributed by atoms with Crippen molar-refractivity contribution in [3.8, 4) is 17.2 Å². The maximum absolute atomic E-state index is 13.3. The molecule has 0 aliphatic carbocycles. The van der Waals surface area contributed by atoms with Crippen LogP contribution in [0, 0.1) is 6.92 Å². The van der Waals surface area contributed by atoms with Gasteiger partial charge in [-0.05, 0) is 104 Å². The zero-order valence-electron chi connectivity index (χ0n) is 22.3. The number of ether oxygens (including phenoxy) is 2. The first-order valence-corrected chi connectivity index (χ1v) is 15.7. The van der Waals surface area contributed by atoms with Crippen molar-refractivity contribution in [1.82, 2.24) is 0 Å². The van der Waals surface area contributed by atoms with Crippen LogP contribution in [0.4, 0.5) is 0 Å². The van der Waals surface area contributed by atoms with Crippen LogP contribution in [0.15, 0.2) is 111 Å². The highest BCUT2D eigenvalue weighted by Crippen LogP contribution is 2.32. The minimum absolute atomic E-state index is 0.141. The van der Waals surface area contributed by atoms with Crippen molar-refractivity contribution in [3.63, 3.8) is 0 Å². The molecule has 0 aromatic heterocycles. The molecule has 0 amide bonds. The predicted octanol–water partition coefficient (Wildman–Crippen LogP) is 7.19. The Bertz CT molecular complexity index is 1620. The van der Waals surface area contributed by atoms with E-state index in [0.29, 0.717) is 23.7 Å². The first-order valence-electron chi connectivity index (χ1n) is 12.8. The van der Waals surface area contributed by atoms with E-state index in [1.54, 1.807) is 66.7 Å². The van der Waals surface area contributed by atoms with Crippen molar-refractivity contribution < 1.29 is 26.3 Å². The van der Waals surface area contributed by atoms with E-state index >= 15 is 0 Å². The van der Waals surface area contributed by atoms with Crippen LogP contribution in [-0.4, -0.2) is 23.9 Å². The van der Waals surface area contributed by atoms with Gasteiger partial charge < -0.3 is 9.47 Å². The van der Waals surface area contributed by atoms with E-state index in [9.17, 15) is 16.8 Å². The SMILES string of the molecule is CCCCCc1cc(S(=O)(=O)c2ccc(C)cc2)ccc1Oc1ccc(S(=O)(=O)c2ccc(OC)cc2)cc1. The number of aryl methyl sites for hydroxylation is 2. The van der Waals surface area contributed by atoms with E-state index < -0.39 is 19.7 Å². The summed E-state index contributed by atoms with van der Waals surface area (Å²) in [5.41, 5.74) is 1.77. The molecule has 0 saturated carbocycles. The van der Waals surface area contributed by atoms with Gasteiger partial charge in [0, 0.05) is 0 Å². The Labute approximate surface area is 231 Å². The molecule has 4 aromatic rings. The topological polar surface area (TPSA) is 86.7 Å². The average molecular weight is 565 g/mol. The molecule has 0 fully saturated rings. The number of hydrogen-bond donors (Lipinski definition) is 0. The minimum Gasteiger partial charge on any atom is -0.497 e. The van der Waals surface area contributed by atoms with Gasteiger partial charge in [0.05, 0.1) is 26.7 Å². The molecule has 0 aliphatic rings. The van der Waals surface area contributed by atoms with Gasteiger partial charge in [-0.15, -0.1) is 0 Å². The van der Waals surface area contributed by atoms with E-state index in [0.717, 1.165) is 30.4 Å². The van der Waals surface area contributed by atoms with Gasteiger partial charge in [0.2, 0.25) is 19.7 Å². The Kier molecular flexibility index (Phi) is 8.77. The Balaban J connectivity index is 1.61. The van der Waals surface area contributed by atoms with Gasteiger partial charge in [-0.2, -0.15) is 0 Å². The van der Waals surface area contributed by atoms with E-state index in [1.165, 1.54) is 31.4 Å². The van der Waals surface area contributed by atoms with Crippen LogP contribution in [0.2, 0.25) is 0 Å². The van der Waals surface area contributed by atoms with Crippen LogP contribution < -0.4 is 9.47 Å². The largest absolute Gasteiger partial charge is 0.497 e. The smallest absolute Gasteiger partial charge is 0.206 e. The molecule has 0 saturated heterocycles. The summed E-state index contributed by atoms with van der Waals surface area (Å²) in [5, 5.41) is 0. The summed E-state index contributed by atoms with van der Waals surface area (Å²) in [5.74, 6) is 1.57. The molecule has 0 heterocycles. The van der Waals surface area contributed by atoms with E-state index in [4.69, 9.17) is 9.47 Å². The molecule has 0 unspecified atom stereocenters. The maximum atomic E-state index is 13.3. The summed E-state index contributed by atoms with van der Waals surface area (Å²) in [6.07, 6.45) is 3.58. The highest BCUT2D eigenvalue weighted by Gasteiger charge is 2.21. The Morgan fingerprint density at radius 2 is 1.10 bits per heavy atom. The average Bonchev–Trinajstić information content (AvgIpc) is 2.94. The fraction of sp³-hybridized carbons (Fsp3) is 0.226. The Morgan fingerprint density at radius 3 is 1.64 bits per heavy atom. The molecule has 0 radical (unpaired) electrons. The summed E-state index contributed by atoms with van der Waals surface area (Å²) < 4.78 is 63.9. The predicted molar refractivity (Wildman–Crippen MR) is 151 cm³/mol. The number of rotatable bonds is 11. The molecular formula is C31H32O6S2. The molecule has 204 valence electrons. The Morgan fingerprint density at radius 1 is 0.615 bits per heavy atom. The van der Waals surface area contributed by atoms with E-state index in [2.05, 4.69) is 6.92 Å². The van der Waals surface area contributed by atoms with Crippen molar-refractivity contribution in [3.05, 3.63) is 102 Å². The number of unbranched alkanes of at least 4 members (excludes halogenated alkanes) is 2. The lowest BCUT2D eigenvalue weighted by Crippen LogP contribution is -2.04. The molecule has 4 rings (SSSR count). The zero-order valence-corrected chi connectivity index (χ0v) is 23.9. The van der Waals surface area contributed by atoms with Gasteiger partial charge in [-0.1, -0.05) is 37.5 Å². The molecule has 0 atom stereocenters. The standard InChI is InChI=1S/C31H32O6S2/c1-4-5-6-7-24-22-30(39(34,35)27-14-8-23(2)9-15-27)20-21-31(24)37-26-12-18-29(19-13-26)38(32,33)28-16-10-25(36-3)11-17-28/h8-22H,4-7H2,1-3H3. The molecule has 0 spiro atoms. The second kappa shape index (κ2) is 12.1. The van der Waals surface area contributed by atoms with Crippen LogP contribution in [0.3, 0.4) is 0 Å². The van der Waals surface area contributed by atoms with Gasteiger partial charge in [0.1, 0.15) is 17.2 Å². The van der Waals surface area contributed by atoms with Crippen LogP contribution in [0.25, 0.3) is 0 Å². The summed E-state index contributed by atoms with van der Waals surface area (Å²) in [7, 11) is -5.87. The first kappa shape index (κ1) is 28.4. The first-order chi connectivity index (χ1) is 18.6. The van der Waals surface area contributed by atoms with Crippen LogP contribution in [-0.2, 0) is 26.1 Å². The molecule has 8 heteroatoms. The Hall–Kier alpha value is -3.62. The monoisotopic (exact) mass is 564 g/mol. The van der Waals surface area contributed by atoms with Crippen molar-refractivity contribution in [2.75, 3.05) is 7.11 Å². The van der Waals surface area contributed by atoms with E-state index in [-0.39, 0.29) is 19.6 Å². The maximum Gasteiger partial charge on any atom is 0.206 e. The molecule has 0 aliphatic heterocycles. The molecular weight excluding hydrogens is 532 g/mol. The van der Waals surface area contributed by atoms with Crippen LogP contribution in [0.1, 0.15) is 37.3 Å². The van der Waals surface area contributed by atoms with Gasteiger partial charge in [-0.3, -0.25) is 0 Å². The van der Waals surface area contributed by atoms with Gasteiger partial charge >= 0.3 is 0 Å². The van der Waals surface area contributed by atoms with Crippen LogP contribution in [0.5, 0.6) is 17.2 Å². The number of sulfone groups is 2. The van der Waals surface area contributed by atoms with Gasteiger partial charge in [-0.25, -0.2) is 16.8 Å². The van der Waals surface area contributed by atoms with Gasteiger partial charge in [0.25, 0.3) is 0 Å². The van der Waals surface area contributed by atoms with Crippen molar-refractivity contribution in [2.24, 2.45) is 0 Å². The third kappa shape index (κ3) is 6.52. The third-order valence-electron chi connectivity index (χ3n) is 6.45. The van der Waals surface area contributed by atoms with Crippen molar-refractivity contribution in [1.29, 1.82) is 0 Å². The minimum atomic E-state index is -3.71. The number of benzene rings is 4. The van der Waals surface area contributed by atoms with Crippen molar-refractivity contribution >= 4 is 19.7 Å². The quantitative estimate of drug-likeness (QED) is 0.179. The number of hydrogen-bond acceptors (Lipinski definition) is 6. The summed E-state index contributed by atoms with van der Waals surface area (Å²) >= 11 is 0. The zero-order chi connectivity index (χ0) is 28.0. The lowest BCUT2D eigenvalue weighted by molar-refractivity contribution is 0.414. The fourth-order valence-corrected chi connectivity index (χ4v) is 6.71. The van der Waals surface area contributed by atoms with Crippen LogP contribution >= 0.6 is 0 Å². The second-order valence-electron chi connectivity index (χ2n) is 9.30.